The van der Waals surface area contributed by atoms with Gasteiger partial charge in [-0.3, -0.25) is 9.59 Å². The average molecular weight is 687 g/mol. The summed E-state index contributed by atoms with van der Waals surface area (Å²) in [6, 6.07) is 6.57. The summed E-state index contributed by atoms with van der Waals surface area (Å²) in [6.07, 6.45) is 1.28. The lowest BCUT2D eigenvalue weighted by Gasteiger charge is -2.18. The lowest BCUT2D eigenvalue weighted by Crippen LogP contribution is -2.13. The number of hydrogen-bond donors (Lipinski definition) is 6. The second-order valence-corrected chi connectivity index (χ2v) is 14.9. The zero-order valence-corrected chi connectivity index (χ0v) is 29.8. The Morgan fingerprint density at radius 2 is 0.760 bits per heavy atom. The highest BCUT2D eigenvalue weighted by molar-refractivity contribution is 5.96. The molecular weight excluding hydrogens is 640 g/mol. The number of fused-ring (bicyclic) bond motifs is 2. The van der Waals surface area contributed by atoms with Crippen molar-refractivity contribution < 1.29 is 39.5 Å². The number of phenols is 6. The average Bonchev–Trinajstić information content (AvgIpc) is 3.02. The zero-order valence-electron chi connectivity index (χ0n) is 29.8. The largest absolute Gasteiger partial charge is 0.504 e. The van der Waals surface area contributed by atoms with Gasteiger partial charge in [0.1, 0.15) is 33.5 Å². The molecule has 50 heavy (non-hydrogen) atoms. The van der Waals surface area contributed by atoms with E-state index >= 15 is 0 Å². The number of hydrogen-bond acceptors (Lipinski definition) is 10. The van der Waals surface area contributed by atoms with Gasteiger partial charge in [-0.2, -0.15) is 0 Å². The van der Waals surface area contributed by atoms with Crippen LogP contribution < -0.4 is 10.9 Å². The molecule has 5 rings (SSSR count). The SMILES string of the molecule is CC(C)Cc1oc2c(CC(C)C)c(O)c(O)c(O)c2c(=O)c1-c1ccc(-c2c(CC(C)C)oc3c(CC(C)C)c(O)c(O)c(O)c3c2=O)cc1. The normalized spacial score (nSPS) is 12.1. The lowest BCUT2D eigenvalue weighted by molar-refractivity contribution is 0.364. The Morgan fingerprint density at radius 3 is 1.04 bits per heavy atom. The number of aromatic hydroxyl groups is 6. The molecule has 10 nitrogen and oxygen atoms in total. The van der Waals surface area contributed by atoms with Crippen LogP contribution in [0.1, 0.15) is 78.0 Å². The Bertz CT molecular complexity index is 2060. The van der Waals surface area contributed by atoms with E-state index in [1.54, 1.807) is 24.3 Å². The van der Waals surface area contributed by atoms with Crippen molar-refractivity contribution >= 4 is 21.9 Å². The topological polar surface area (TPSA) is 182 Å². The Labute approximate surface area is 289 Å². The highest BCUT2D eigenvalue weighted by Crippen LogP contribution is 2.47. The van der Waals surface area contributed by atoms with E-state index in [0.29, 0.717) is 35.5 Å². The molecule has 0 aliphatic heterocycles. The van der Waals surface area contributed by atoms with Crippen LogP contribution in [0.4, 0.5) is 0 Å². The first kappa shape index (κ1) is 36.2. The van der Waals surface area contributed by atoms with E-state index in [1.807, 2.05) is 55.4 Å². The monoisotopic (exact) mass is 686 g/mol. The van der Waals surface area contributed by atoms with Gasteiger partial charge in [-0.05, 0) is 47.6 Å². The van der Waals surface area contributed by atoms with E-state index < -0.39 is 45.4 Å². The fourth-order valence-corrected chi connectivity index (χ4v) is 6.59. The number of benzene rings is 3. The molecule has 0 amide bonds. The maximum Gasteiger partial charge on any atom is 0.204 e. The molecule has 0 aliphatic rings. The van der Waals surface area contributed by atoms with Crippen molar-refractivity contribution in [2.24, 2.45) is 23.7 Å². The first-order chi connectivity index (χ1) is 23.4. The highest BCUT2D eigenvalue weighted by atomic mass is 16.4. The molecule has 0 aliphatic carbocycles. The van der Waals surface area contributed by atoms with Crippen molar-refractivity contribution in [1.82, 2.24) is 0 Å². The second-order valence-electron chi connectivity index (χ2n) is 14.9. The summed E-state index contributed by atoms with van der Waals surface area (Å²) in [5.74, 6) is -3.33. The van der Waals surface area contributed by atoms with Crippen LogP contribution in [0.3, 0.4) is 0 Å². The molecule has 0 saturated heterocycles. The minimum absolute atomic E-state index is 0.0190. The minimum atomic E-state index is -0.793. The molecule has 0 radical (unpaired) electrons. The molecule has 0 atom stereocenters. The second kappa shape index (κ2) is 13.7. The summed E-state index contributed by atoms with van der Waals surface area (Å²) < 4.78 is 12.7. The molecule has 0 fully saturated rings. The van der Waals surface area contributed by atoms with Gasteiger partial charge in [0.25, 0.3) is 0 Å². The number of rotatable bonds is 10. The van der Waals surface area contributed by atoms with Crippen LogP contribution in [-0.2, 0) is 25.7 Å². The van der Waals surface area contributed by atoms with E-state index in [0.717, 1.165) is 0 Å². The summed E-state index contributed by atoms with van der Waals surface area (Å²) >= 11 is 0. The van der Waals surface area contributed by atoms with Crippen molar-refractivity contribution in [3.8, 4) is 56.8 Å². The third kappa shape index (κ3) is 6.34. The molecule has 2 aromatic heterocycles. The first-order valence-corrected chi connectivity index (χ1v) is 17.1. The molecule has 0 bridgehead atoms. The van der Waals surface area contributed by atoms with Gasteiger partial charge < -0.3 is 39.5 Å². The third-order valence-corrected chi connectivity index (χ3v) is 8.74. The lowest BCUT2D eigenvalue weighted by atomic mass is 9.91. The van der Waals surface area contributed by atoms with Gasteiger partial charge in [0.2, 0.25) is 22.4 Å². The fraction of sp³-hybridized carbons (Fsp3) is 0.400. The number of phenolic OH excluding ortho intramolecular Hbond substituents is 6. The van der Waals surface area contributed by atoms with Gasteiger partial charge in [0.05, 0.1) is 11.1 Å². The van der Waals surface area contributed by atoms with Crippen LogP contribution in [0, 0.1) is 23.7 Å². The summed E-state index contributed by atoms with van der Waals surface area (Å²) in [5.41, 5.74) is 0.512. The smallest absolute Gasteiger partial charge is 0.204 e. The highest BCUT2D eigenvalue weighted by Gasteiger charge is 2.29. The van der Waals surface area contributed by atoms with Crippen molar-refractivity contribution in [3.63, 3.8) is 0 Å². The quantitative estimate of drug-likeness (QED) is 0.0782. The van der Waals surface area contributed by atoms with Crippen LogP contribution in [0.15, 0.2) is 42.7 Å². The van der Waals surface area contributed by atoms with E-state index in [4.69, 9.17) is 8.83 Å². The van der Waals surface area contributed by atoms with E-state index in [1.165, 1.54) is 0 Å². The Morgan fingerprint density at radius 1 is 0.460 bits per heavy atom. The molecule has 2 heterocycles. The minimum Gasteiger partial charge on any atom is -0.504 e. The molecule has 0 spiro atoms. The fourth-order valence-electron chi connectivity index (χ4n) is 6.59. The van der Waals surface area contributed by atoms with E-state index in [-0.39, 0.29) is 80.7 Å². The molecule has 0 saturated carbocycles. The van der Waals surface area contributed by atoms with Gasteiger partial charge in [0.15, 0.2) is 23.0 Å². The molecule has 5 aromatic rings. The Kier molecular flexibility index (Phi) is 9.87. The summed E-state index contributed by atoms with van der Waals surface area (Å²) in [4.78, 5) is 28.5. The standard InChI is InChI=1S/C40H46O10/c1-17(2)13-23-31(41)37(47)35(45)29-33(43)27(25(15-19(5)6)49-39(23)29)21-9-11-22(12-10-21)28-26(16-20(7)8)50-40-24(14-18(3)4)32(42)38(48)36(46)30(40)34(28)44/h9-12,17-20,41-42,45-48H,13-16H2,1-8H3. The summed E-state index contributed by atoms with van der Waals surface area (Å²) in [6.45, 7) is 15.5. The third-order valence-electron chi connectivity index (χ3n) is 8.74. The molecule has 6 N–H and O–H groups in total. The van der Waals surface area contributed by atoms with E-state index in [2.05, 4.69) is 0 Å². The van der Waals surface area contributed by atoms with Crippen LogP contribution in [0.25, 0.3) is 44.2 Å². The van der Waals surface area contributed by atoms with E-state index in [9.17, 15) is 40.2 Å². The molecule has 266 valence electrons. The van der Waals surface area contributed by atoms with Crippen molar-refractivity contribution in [2.45, 2.75) is 81.1 Å². The van der Waals surface area contributed by atoms with Crippen LogP contribution in [0.2, 0.25) is 0 Å². The van der Waals surface area contributed by atoms with Crippen LogP contribution in [-0.4, -0.2) is 30.6 Å². The maximum atomic E-state index is 14.2. The van der Waals surface area contributed by atoms with Gasteiger partial charge in [-0.15, -0.1) is 0 Å². The molecule has 0 unspecified atom stereocenters. The summed E-state index contributed by atoms with van der Waals surface area (Å²) in [7, 11) is 0. The van der Waals surface area contributed by atoms with Crippen molar-refractivity contribution in [3.05, 3.63) is 67.4 Å². The van der Waals surface area contributed by atoms with Crippen LogP contribution >= 0.6 is 0 Å². The van der Waals surface area contributed by atoms with Gasteiger partial charge >= 0.3 is 0 Å². The van der Waals surface area contributed by atoms with Gasteiger partial charge in [0, 0.05) is 24.0 Å². The zero-order chi connectivity index (χ0) is 36.9. The van der Waals surface area contributed by atoms with Crippen LogP contribution in [0.5, 0.6) is 34.5 Å². The summed E-state index contributed by atoms with van der Waals surface area (Å²) in [5, 5.41) is 64.0. The molecule has 3 aromatic carbocycles. The maximum absolute atomic E-state index is 14.2. The predicted octanol–water partition coefficient (Wildman–Crippen LogP) is 8.26. The molecular formula is C40H46O10. The Balaban J connectivity index is 1.78. The van der Waals surface area contributed by atoms with Crippen molar-refractivity contribution in [1.29, 1.82) is 0 Å². The van der Waals surface area contributed by atoms with Gasteiger partial charge in [-0.25, -0.2) is 0 Å². The van der Waals surface area contributed by atoms with Crippen molar-refractivity contribution in [2.75, 3.05) is 0 Å². The first-order valence-electron chi connectivity index (χ1n) is 17.1. The molecule has 10 heteroatoms. The predicted molar refractivity (Wildman–Crippen MR) is 194 cm³/mol. The van der Waals surface area contributed by atoms with Gasteiger partial charge in [-0.1, -0.05) is 79.7 Å². The Hall–Kier alpha value is -5.12.